The normalized spacial score (nSPS) is 16.1. The van der Waals surface area contributed by atoms with Crippen molar-refractivity contribution in [3.05, 3.63) is 34.4 Å². The van der Waals surface area contributed by atoms with Gasteiger partial charge in [0.15, 0.2) is 11.5 Å². The van der Waals surface area contributed by atoms with Crippen LogP contribution in [0.15, 0.2) is 23.1 Å². The van der Waals surface area contributed by atoms with Crippen molar-refractivity contribution < 1.29 is 14.3 Å². The molecule has 3 aromatic heterocycles. The summed E-state index contributed by atoms with van der Waals surface area (Å²) in [6, 6.07) is 3.98. The summed E-state index contributed by atoms with van der Waals surface area (Å²) < 4.78 is 12.3. The Morgan fingerprint density at radius 1 is 1.29 bits per heavy atom. The average Bonchev–Trinajstić information content (AvgIpc) is 3.15. The second-order valence-corrected chi connectivity index (χ2v) is 8.37. The molecule has 1 fully saturated rings. The van der Waals surface area contributed by atoms with Gasteiger partial charge >= 0.3 is 17.7 Å². The van der Waals surface area contributed by atoms with Gasteiger partial charge in [-0.1, -0.05) is 19.4 Å². The van der Waals surface area contributed by atoms with Crippen LogP contribution in [0.5, 0.6) is 6.01 Å². The highest BCUT2D eigenvalue weighted by atomic mass is 16.5. The number of pyridine rings is 1. The lowest BCUT2D eigenvalue weighted by Crippen LogP contribution is -2.39. The molecule has 0 aliphatic carbocycles. The van der Waals surface area contributed by atoms with Crippen molar-refractivity contribution in [2.45, 2.75) is 46.1 Å². The molecule has 1 saturated heterocycles. The molecule has 182 valence electrons. The first kappa shape index (κ1) is 23.5. The molecule has 4 heterocycles. The molecule has 0 amide bonds. The van der Waals surface area contributed by atoms with Gasteiger partial charge in [-0.05, 0) is 37.8 Å². The van der Waals surface area contributed by atoms with Crippen LogP contribution in [0.1, 0.15) is 45.1 Å². The van der Waals surface area contributed by atoms with Crippen LogP contribution in [0.2, 0.25) is 0 Å². The monoisotopic (exact) mass is 469 g/mol. The number of imidazole rings is 1. The minimum atomic E-state index is -0.334. The van der Waals surface area contributed by atoms with E-state index >= 15 is 0 Å². The van der Waals surface area contributed by atoms with E-state index in [-0.39, 0.29) is 36.0 Å². The smallest absolute Gasteiger partial charge is 0.328 e. The fourth-order valence-corrected chi connectivity index (χ4v) is 4.07. The number of anilines is 2. The predicted octanol–water partition coefficient (Wildman–Crippen LogP) is 2.10. The number of rotatable bonds is 9. The van der Waals surface area contributed by atoms with Crippen molar-refractivity contribution >= 4 is 28.8 Å². The number of nitrogens with two attached hydrogens (primary N) is 1. The van der Waals surface area contributed by atoms with Crippen LogP contribution in [-0.2, 0) is 16.1 Å². The second kappa shape index (κ2) is 10.5. The number of aromatic amines is 1. The van der Waals surface area contributed by atoms with Crippen molar-refractivity contribution in [1.29, 1.82) is 0 Å². The van der Waals surface area contributed by atoms with Crippen molar-refractivity contribution in [3.8, 4) is 6.01 Å². The fourth-order valence-electron chi connectivity index (χ4n) is 4.07. The minimum Gasteiger partial charge on any atom is -0.466 e. The molecule has 1 aliphatic rings. The molecule has 11 heteroatoms. The van der Waals surface area contributed by atoms with E-state index in [1.807, 2.05) is 19.1 Å². The van der Waals surface area contributed by atoms with Crippen LogP contribution in [0.3, 0.4) is 0 Å². The van der Waals surface area contributed by atoms with Gasteiger partial charge in [-0.15, -0.1) is 0 Å². The Balaban J connectivity index is 1.51. The second-order valence-electron chi connectivity index (χ2n) is 8.37. The molecular formula is C23H31N7O4. The van der Waals surface area contributed by atoms with Crippen LogP contribution >= 0.6 is 0 Å². The zero-order chi connectivity index (χ0) is 24.1. The molecule has 0 radical (unpaired) electrons. The van der Waals surface area contributed by atoms with Gasteiger partial charge in [0, 0.05) is 19.3 Å². The van der Waals surface area contributed by atoms with Gasteiger partial charge in [0.25, 0.3) is 0 Å². The van der Waals surface area contributed by atoms with E-state index in [4.69, 9.17) is 15.2 Å². The van der Waals surface area contributed by atoms with Crippen molar-refractivity contribution in [1.82, 2.24) is 24.5 Å². The zero-order valence-corrected chi connectivity index (χ0v) is 19.6. The number of ether oxygens (including phenoxy) is 2. The van der Waals surface area contributed by atoms with Gasteiger partial charge in [0.1, 0.15) is 11.3 Å². The number of carbonyl (C=O) groups excluding carboxylic acids is 1. The maximum atomic E-state index is 12.6. The minimum absolute atomic E-state index is 0.140. The molecule has 3 aromatic rings. The molecule has 0 aromatic carbocycles. The van der Waals surface area contributed by atoms with Crippen LogP contribution in [0.25, 0.3) is 11.2 Å². The third-order valence-corrected chi connectivity index (χ3v) is 5.87. The van der Waals surface area contributed by atoms with Crippen LogP contribution in [-0.4, -0.2) is 56.8 Å². The first-order valence-corrected chi connectivity index (χ1v) is 11.8. The molecule has 4 rings (SSSR count). The summed E-state index contributed by atoms with van der Waals surface area (Å²) in [6.07, 6.45) is 5.32. The number of nitrogens with zero attached hydrogens (tertiary/aromatic N) is 5. The summed E-state index contributed by atoms with van der Waals surface area (Å²) in [5.41, 5.74) is 7.30. The lowest BCUT2D eigenvalue weighted by molar-refractivity contribution is -0.148. The summed E-state index contributed by atoms with van der Waals surface area (Å²) >= 11 is 0. The zero-order valence-electron chi connectivity index (χ0n) is 19.6. The number of unbranched alkanes of at least 4 members (excludes halogenated alkanes) is 1. The average molecular weight is 470 g/mol. The van der Waals surface area contributed by atoms with Gasteiger partial charge in [0.05, 0.1) is 25.7 Å². The van der Waals surface area contributed by atoms with E-state index in [1.165, 1.54) is 4.57 Å². The van der Waals surface area contributed by atoms with Crippen molar-refractivity contribution in [2.75, 3.05) is 36.9 Å². The number of aromatic nitrogens is 5. The van der Waals surface area contributed by atoms with Crippen molar-refractivity contribution in [2.24, 2.45) is 5.92 Å². The summed E-state index contributed by atoms with van der Waals surface area (Å²) in [5, 5.41) is 0. The molecule has 3 N–H and O–H groups in total. The third kappa shape index (κ3) is 5.13. The molecule has 1 atom stereocenters. The Bertz CT molecular complexity index is 1190. The first-order valence-electron chi connectivity index (χ1n) is 11.8. The number of fused-ring (bicyclic) bond motifs is 1. The van der Waals surface area contributed by atoms with E-state index in [1.54, 1.807) is 6.20 Å². The number of nitrogens with one attached hydrogen (secondary N) is 1. The number of esters is 1. The van der Waals surface area contributed by atoms with Gasteiger partial charge in [0.2, 0.25) is 0 Å². The largest absolute Gasteiger partial charge is 0.466 e. The number of H-pyrrole nitrogens is 1. The molecular weight excluding hydrogens is 438 g/mol. The molecule has 0 bridgehead atoms. The van der Waals surface area contributed by atoms with E-state index in [2.05, 4.69) is 31.8 Å². The van der Waals surface area contributed by atoms with Gasteiger partial charge in [-0.25, -0.2) is 9.78 Å². The standard InChI is InChI=1S/C23H31N7O4/c1-3-5-11-34-22-27-19(24)18-20(28-22)30(23(32)26-18)13-15-8-9-17(25-12-15)29-10-6-7-16(14-29)21(31)33-4-2/h8-9,12,16H,3-7,10-11,13-14H2,1-2H3,(H,26,32)(H2,24,27,28). The number of piperidine rings is 1. The van der Waals surface area contributed by atoms with Crippen LogP contribution < -0.4 is 21.1 Å². The molecule has 0 saturated carbocycles. The fraction of sp³-hybridized carbons (Fsp3) is 0.522. The van der Waals surface area contributed by atoms with E-state index in [0.717, 1.165) is 43.6 Å². The topological polar surface area (TPSA) is 141 Å². The Kier molecular flexibility index (Phi) is 7.29. The highest BCUT2D eigenvalue weighted by molar-refractivity contribution is 5.82. The molecule has 1 unspecified atom stereocenters. The van der Waals surface area contributed by atoms with Crippen LogP contribution in [0.4, 0.5) is 11.6 Å². The van der Waals surface area contributed by atoms with Gasteiger partial charge < -0.3 is 25.1 Å². The summed E-state index contributed by atoms with van der Waals surface area (Å²) in [7, 11) is 0. The third-order valence-electron chi connectivity index (χ3n) is 5.87. The lowest BCUT2D eigenvalue weighted by Gasteiger charge is -2.32. The molecule has 11 nitrogen and oxygen atoms in total. The highest BCUT2D eigenvalue weighted by Crippen LogP contribution is 2.23. The van der Waals surface area contributed by atoms with Gasteiger partial charge in [-0.2, -0.15) is 9.97 Å². The number of hydrogen-bond donors (Lipinski definition) is 2. The molecule has 0 spiro atoms. The number of carbonyl (C=O) groups is 1. The summed E-state index contributed by atoms with van der Waals surface area (Å²) in [4.78, 5) is 42.7. The van der Waals surface area contributed by atoms with Gasteiger partial charge in [-0.3, -0.25) is 9.36 Å². The maximum absolute atomic E-state index is 12.6. The summed E-state index contributed by atoms with van der Waals surface area (Å²) in [6.45, 7) is 6.44. The van der Waals surface area contributed by atoms with Crippen molar-refractivity contribution in [3.63, 3.8) is 0 Å². The van der Waals surface area contributed by atoms with Crippen LogP contribution in [0, 0.1) is 5.92 Å². The Morgan fingerprint density at radius 2 is 2.15 bits per heavy atom. The molecule has 1 aliphatic heterocycles. The quantitative estimate of drug-likeness (QED) is 0.356. The molecule has 34 heavy (non-hydrogen) atoms. The Labute approximate surface area is 197 Å². The SMILES string of the molecule is CCCCOc1nc(N)c2[nH]c(=O)n(Cc3ccc(N4CCCC(C(=O)OCC)C4)nc3)c2n1. The predicted molar refractivity (Wildman–Crippen MR) is 128 cm³/mol. The van der Waals surface area contributed by atoms with E-state index in [9.17, 15) is 9.59 Å². The van der Waals surface area contributed by atoms with E-state index in [0.29, 0.717) is 30.9 Å². The highest BCUT2D eigenvalue weighted by Gasteiger charge is 2.27. The Hall–Kier alpha value is -3.63. The maximum Gasteiger partial charge on any atom is 0.328 e. The summed E-state index contributed by atoms with van der Waals surface area (Å²) in [5.74, 6) is 0.671. The number of hydrogen-bond acceptors (Lipinski definition) is 9. The lowest BCUT2D eigenvalue weighted by atomic mass is 9.98. The van der Waals surface area contributed by atoms with E-state index < -0.39 is 0 Å². The first-order chi connectivity index (χ1) is 16.5. The Morgan fingerprint density at radius 3 is 2.88 bits per heavy atom. The number of nitrogen functional groups attached to an aromatic ring is 1.